The molecule has 1 aromatic carbocycles. The summed E-state index contributed by atoms with van der Waals surface area (Å²) in [6, 6.07) is 5.53. The first-order valence-corrected chi connectivity index (χ1v) is 4.99. The molecule has 0 aromatic heterocycles. The summed E-state index contributed by atoms with van der Waals surface area (Å²) in [6.07, 6.45) is -0.313. The van der Waals surface area contributed by atoms with Crippen molar-refractivity contribution in [3.8, 4) is 5.75 Å². The van der Waals surface area contributed by atoms with E-state index in [4.69, 9.17) is 9.84 Å². The largest absolute Gasteiger partial charge is 0.481 e. The molecule has 0 unspecified atom stereocenters. The van der Waals surface area contributed by atoms with Crippen LogP contribution in [0, 0.1) is 13.8 Å². The van der Waals surface area contributed by atoms with Gasteiger partial charge in [0.25, 0.3) is 0 Å². The standard InChI is InChI=1S/C12H14O4/c1-8-3-4-9(2)10(7-8)16-12(15)6-5-11(13)14/h3-4,7H,5-6H2,1-2H3,(H,13,14). The second-order valence-electron chi connectivity index (χ2n) is 3.64. The number of hydrogen-bond acceptors (Lipinski definition) is 3. The smallest absolute Gasteiger partial charge is 0.311 e. The number of ether oxygens (including phenoxy) is 1. The van der Waals surface area contributed by atoms with E-state index in [0.29, 0.717) is 5.75 Å². The van der Waals surface area contributed by atoms with E-state index in [9.17, 15) is 9.59 Å². The van der Waals surface area contributed by atoms with Gasteiger partial charge in [-0.25, -0.2) is 0 Å². The Morgan fingerprint density at radius 3 is 2.56 bits per heavy atom. The molecule has 86 valence electrons. The summed E-state index contributed by atoms with van der Waals surface area (Å²) >= 11 is 0. The Bertz CT molecular complexity index is 409. The van der Waals surface area contributed by atoms with Gasteiger partial charge in [-0.15, -0.1) is 0 Å². The third kappa shape index (κ3) is 3.73. The third-order valence-electron chi connectivity index (χ3n) is 2.11. The van der Waals surface area contributed by atoms with Crippen LogP contribution in [-0.4, -0.2) is 17.0 Å². The van der Waals surface area contributed by atoms with Crippen molar-refractivity contribution in [3.05, 3.63) is 29.3 Å². The zero-order valence-corrected chi connectivity index (χ0v) is 9.32. The lowest BCUT2D eigenvalue weighted by Gasteiger charge is -2.07. The minimum absolute atomic E-state index is 0.108. The SMILES string of the molecule is Cc1ccc(C)c(OC(=O)CCC(=O)O)c1. The maximum atomic E-state index is 11.3. The molecule has 1 aromatic rings. The number of carbonyl (C=O) groups is 2. The molecule has 1 N–H and O–H groups in total. The van der Waals surface area contributed by atoms with Gasteiger partial charge in [0, 0.05) is 0 Å². The average Bonchev–Trinajstić information content (AvgIpc) is 2.20. The average molecular weight is 222 g/mol. The van der Waals surface area contributed by atoms with E-state index >= 15 is 0 Å². The second-order valence-corrected chi connectivity index (χ2v) is 3.64. The van der Waals surface area contributed by atoms with Gasteiger partial charge in [-0.05, 0) is 31.0 Å². The number of carbonyl (C=O) groups excluding carboxylic acids is 1. The molecule has 4 nitrogen and oxygen atoms in total. The van der Waals surface area contributed by atoms with Crippen molar-refractivity contribution in [2.45, 2.75) is 26.7 Å². The molecule has 0 aliphatic rings. The maximum absolute atomic E-state index is 11.3. The van der Waals surface area contributed by atoms with Gasteiger partial charge in [-0.2, -0.15) is 0 Å². The zero-order chi connectivity index (χ0) is 12.1. The Morgan fingerprint density at radius 1 is 1.25 bits per heavy atom. The minimum Gasteiger partial charge on any atom is -0.481 e. The van der Waals surface area contributed by atoms with Crippen LogP contribution in [0.2, 0.25) is 0 Å². The molecule has 0 saturated heterocycles. The monoisotopic (exact) mass is 222 g/mol. The molecule has 4 heteroatoms. The van der Waals surface area contributed by atoms with Gasteiger partial charge in [-0.3, -0.25) is 9.59 Å². The van der Waals surface area contributed by atoms with Crippen molar-refractivity contribution in [1.29, 1.82) is 0 Å². The van der Waals surface area contributed by atoms with Gasteiger partial charge < -0.3 is 9.84 Å². The van der Waals surface area contributed by atoms with E-state index in [1.165, 1.54) is 0 Å². The quantitative estimate of drug-likeness (QED) is 0.625. The van der Waals surface area contributed by atoms with E-state index in [1.807, 2.05) is 26.0 Å². The Hall–Kier alpha value is -1.84. The molecule has 0 spiro atoms. The van der Waals surface area contributed by atoms with Gasteiger partial charge in [0.1, 0.15) is 5.75 Å². The van der Waals surface area contributed by atoms with E-state index in [2.05, 4.69) is 0 Å². The molecular weight excluding hydrogens is 208 g/mol. The Morgan fingerprint density at radius 2 is 1.94 bits per heavy atom. The number of hydrogen-bond donors (Lipinski definition) is 1. The lowest BCUT2D eigenvalue weighted by atomic mass is 10.1. The van der Waals surface area contributed by atoms with Crippen LogP contribution in [0.4, 0.5) is 0 Å². The number of aliphatic carboxylic acids is 1. The van der Waals surface area contributed by atoms with Crippen LogP contribution in [0.3, 0.4) is 0 Å². The van der Waals surface area contributed by atoms with Crippen LogP contribution in [0.5, 0.6) is 5.75 Å². The molecule has 0 bridgehead atoms. The van der Waals surface area contributed by atoms with E-state index < -0.39 is 11.9 Å². The second kappa shape index (κ2) is 5.30. The van der Waals surface area contributed by atoms with Crippen LogP contribution in [0.15, 0.2) is 18.2 Å². The molecule has 0 saturated carbocycles. The number of aryl methyl sites for hydroxylation is 2. The zero-order valence-electron chi connectivity index (χ0n) is 9.32. The van der Waals surface area contributed by atoms with Gasteiger partial charge in [0.15, 0.2) is 0 Å². The summed E-state index contributed by atoms with van der Waals surface area (Å²) in [7, 11) is 0. The summed E-state index contributed by atoms with van der Waals surface area (Å²) in [6.45, 7) is 3.73. The Balaban J connectivity index is 2.62. The molecule has 0 aliphatic carbocycles. The first-order valence-electron chi connectivity index (χ1n) is 4.99. The van der Waals surface area contributed by atoms with E-state index in [1.54, 1.807) is 6.07 Å². The fourth-order valence-electron chi connectivity index (χ4n) is 1.20. The molecule has 0 aliphatic heterocycles. The summed E-state index contributed by atoms with van der Waals surface area (Å²) in [4.78, 5) is 21.6. The van der Waals surface area contributed by atoms with Crippen LogP contribution in [-0.2, 0) is 9.59 Å². The highest BCUT2D eigenvalue weighted by atomic mass is 16.5. The number of benzene rings is 1. The number of esters is 1. The van der Waals surface area contributed by atoms with Gasteiger partial charge in [-0.1, -0.05) is 12.1 Å². The fraction of sp³-hybridized carbons (Fsp3) is 0.333. The Kier molecular flexibility index (Phi) is 4.05. The van der Waals surface area contributed by atoms with Crippen molar-refractivity contribution < 1.29 is 19.4 Å². The predicted molar refractivity (Wildman–Crippen MR) is 58.4 cm³/mol. The fourth-order valence-corrected chi connectivity index (χ4v) is 1.20. The summed E-state index contributed by atoms with van der Waals surface area (Å²) < 4.78 is 5.07. The summed E-state index contributed by atoms with van der Waals surface area (Å²) in [5.74, 6) is -1.02. The van der Waals surface area contributed by atoms with Crippen LogP contribution in [0.1, 0.15) is 24.0 Å². The number of carboxylic acids is 1. The number of carboxylic acid groups (broad SMARTS) is 1. The van der Waals surface area contributed by atoms with E-state index in [0.717, 1.165) is 11.1 Å². The van der Waals surface area contributed by atoms with Crippen LogP contribution < -0.4 is 4.74 Å². The van der Waals surface area contributed by atoms with Gasteiger partial charge in [0.05, 0.1) is 12.8 Å². The van der Waals surface area contributed by atoms with Crippen molar-refractivity contribution in [2.24, 2.45) is 0 Å². The molecule has 0 fully saturated rings. The highest BCUT2D eigenvalue weighted by molar-refractivity contribution is 5.78. The Labute approximate surface area is 93.9 Å². The lowest BCUT2D eigenvalue weighted by Crippen LogP contribution is -2.11. The molecule has 1 rings (SSSR count). The first-order chi connectivity index (χ1) is 7.49. The van der Waals surface area contributed by atoms with Crippen molar-refractivity contribution in [3.63, 3.8) is 0 Å². The van der Waals surface area contributed by atoms with Crippen LogP contribution >= 0.6 is 0 Å². The van der Waals surface area contributed by atoms with Crippen molar-refractivity contribution in [1.82, 2.24) is 0 Å². The summed E-state index contributed by atoms with van der Waals surface area (Å²) in [5.41, 5.74) is 1.85. The molecule has 0 heterocycles. The third-order valence-corrected chi connectivity index (χ3v) is 2.11. The molecule has 16 heavy (non-hydrogen) atoms. The van der Waals surface area contributed by atoms with Gasteiger partial charge >= 0.3 is 11.9 Å². The minimum atomic E-state index is -1.00. The topological polar surface area (TPSA) is 63.6 Å². The van der Waals surface area contributed by atoms with Crippen molar-refractivity contribution >= 4 is 11.9 Å². The molecule has 0 atom stereocenters. The molecule has 0 radical (unpaired) electrons. The first kappa shape index (κ1) is 12.2. The molecule has 0 amide bonds. The van der Waals surface area contributed by atoms with E-state index in [-0.39, 0.29) is 12.8 Å². The lowest BCUT2D eigenvalue weighted by molar-refractivity contribution is -0.142. The highest BCUT2D eigenvalue weighted by Gasteiger charge is 2.09. The summed E-state index contributed by atoms with van der Waals surface area (Å²) in [5, 5.41) is 8.42. The highest BCUT2D eigenvalue weighted by Crippen LogP contribution is 2.19. The predicted octanol–water partition coefficient (Wildman–Crippen LogP) is 2.07. The number of rotatable bonds is 4. The maximum Gasteiger partial charge on any atom is 0.311 e. The molecular formula is C12H14O4. The van der Waals surface area contributed by atoms with Gasteiger partial charge in [0.2, 0.25) is 0 Å². The van der Waals surface area contributed by atoms with Crippen LogP contribution in [0.25, 0.3) is 0 Å². The van der Waals surface area contributed by atoms with Crippen molar-refractivity contribution in [2.75, 3.05) is 0 Å². The normalized spacial score (nSPS) is 9.88.